The number of aromatic nitrogens is 1. The maximum absolute atomic E-state index is 11.8. The van der Waals surface area contributed by atoms with E-state index in [1.54, 1.807) is 14.0 Å². The summed E-state index contributed by atoms with van der Waals surface area (Å²) < 4.78 is 0. The van der Waals surface area contributed by atoms with Crippen LogP contribution in [0.15, 0.2) is 12.3 Å². The van der Waals surface area contributed by atoms with Gasteiger partial charge < -0.3 is 4.90 Å². The Hall–Kier alpha value is -1.69. The van der Waals surface area contributed by atoms with Crippen molar-refractivity contribution in [1.82, 2.24) is 9.88 Å². The van der Waals surface area contributed by atoms with Crippen molar-refractivity contribution in [2.45, 2.75) is 6.92 Å². The number of amides is 1. The van der Waals surface area contributed by atoms with Crippen LogP contribution in [-0.2, 0) is 0 Å². The standard InChI is InChI=1S/C9H10ClN3O3/c1-3-12(2)9(14)6-4-5-11-8(10)7(6)13(15)16/h4-5H,3H2,1-2H3. The van der Waals surface area contributed by atoms with Gasteiger partial charge in [-0.15, -0.1) is 0 Å². The number of hydrogen-bond donors (Lipinski definition) is 0. The van der Waals surface area contributed by atoms with Gasteiger partial charge in [0.1, 0.15) is 5.56 Å². The minimum atomic E-state index is -0.702. The second kappa shape index (κ2) is 4.89. The number of halogens is 1. The van der Waals surface area contributed by atoms with Crippen molar-refractivity contribution in [1.29, 1.82) is 0 Å². The highest BCUT2D eigenvalue weighted by molar-refractivity contribution is 6.32. The zero-order chi connectivity index (χ0) is 12.3. The fourth-order valence-corrected chi connectivity index (χ4v) is 1.35. The lowest BCUT2D eigenvalue weighted by atomic mass is 10.2. The van der Waals surface area contributed by atoms with Crippen LogP contribution in [0, 0.1) is 10.1 Å². The van der Waals surface area contributed by atoms with E-state index in [9.17, 15) is 14.9 Å². The molecule has 0 aliphatic heterocycles. The van der Waals surface area contributed by atoms with Crippen molar-refractivity contribution < 1.29 is 9.72 Å². The molecular weight excluding hydrogens is 234 g/mol. The molecule has 0 spiro atoms. The number of hydrogen-bond acceptors (Lipinski definition) is 4. The number of nitro groups is 1. The van der Waals surface area contributed by atoms with Gasteiger partial charge in [-0.3, -0.25) is 14.9 Å². The highest BCUT2D eigenvalue weighted by Crippen LogP contribution is 2.26. The van der Waals surface area contributed by atoms with Crippen LogP contribution in [0.4, 0.5) is 5.69 Å². The van der Waals surface area contributed by atoms with Gasteiger partial charge in [-0.2, -0.15) is 0 Å². The third-order valence-electron chi connectivity index (χ3n) is 2.11. The summed E-state index contributed by atoms with van der Waals surface area (Å²) in [6.45, 7) is 2.22. The molecule has 1 aromatic rings. The van der Waals surface area contributed by atoms with Crippen molar-refractivity contribution in [3.63, 3.8) is 0 Å². The first-order valence-electron chi connectivity index (χ1n) is 4.53. The SMILES string of the molecule is CCN(C)C(=O)c1ccnc(Cl)c1[N+](=O)[O-]. The summed E-state index contributed by atoms with van der Waals surface area (Å²) >= 11 is 5.59. The van der Waals surface area contributed by atoms with Crippen molar-refractivity contribution in [3.05, 3.63) is 33.1 Å². The first-order chi connectivity index (χ1) is 7.49. The zero-order valence-corrected chi connectivity index (χ0v) is 9.56. The molecule has 86 valence electrons. The topological polar surface area (TPSA) is 76.3 Å². The summed E-state index contributed by atoms with van der Waals surface area (Å²) in [5, 5.41) is 10.5. The van der Waals surface area contributed by atoms with E-state index in [0.29, 0.717) is 6.54 Å². The minimum Gasteiger partial charge on any atom is -0.342 e. The normalized spacial score (nSPS) is 9.94. The molecule has 16 heavy (non-hydrogen) atoms. The number of carbonyl (C=O) groups is 1. The molecule has 1 aromatic heterocycles. The number of pyridine rings is 1. The van der Waals surface area contributed by atoms with E-state index < -0.39 is 16.5 Å². The first kappa shape index (κ1) is 12.4. The van der Waals surface area contributed by atoms with E-state index in [-0.39, 0.29) is 10.7 Å². The lowest BCUT2D eigenvalue weighted by molar-refractivity contribution is -0.385. The lowest BCUT2D eigenvalue weighted by Crippen LogP contribution is -2.27. The summed E-state index contributed by atoms with van der Waals surface area (Å²) in [6.07, 6.45) is 1.27. The fraction of sp³-hybridized carbons (Fsp3) is 0.333. The molecule has 1 amide bonds. The molecule has 0 N–H and O–H groups in total. The molecule has 6 nitrogen and oxygen atoms in total. The molecule has 0 unspecified atom stereocenters. The molecule has 0 radical (unpaired) electrons. The van der Waals surface area contributed by atoms with Gasteiger partial charge in [0.25, 0.3) is 5.91 Å². The van der Waals surface area contributed by atoms with Crippen molar-refractivity contribution in [2.75, 3.05) is 13.6 Å². The van der Waals surface area contributed by atoms with E-state index >= 15 is 0 Å². The second-order valence-corrected chi connectivity index (χ2v) is 3.43. The van der Waals surface area contributed by atoms with Crippen LogP contribution in [-0.4, -0.2) is 34.3 Å². The fourth-order valence-electron chi connectivity index (χ4n) is 1.12. The molecular formula is C9H10ClN3O3. The van der Waals surface area contributed by atoms with E-state index in [0.717, 1.165) is 0 Å². The molecule has 0 aliphatic carbocycles. The lowest BCUT2D eigenvalue weighted by Gasteiger charge is -2.14. The third-order valence-corrected chi connectivity index (χ3v) is 2.39. The van der Waals surface area contributed by atoms with Gasteiger partial charge >= 0.3 is 5.69 Å². The number of nitrogens with zero attached hydrogens (tertiary/aromatic N) is 3. The molecule has 0 atom stereocenters. The molecule has 0 aliphatic rings. The monoisotopic (exact) mass is 243 g/mol. The predicted octanol–water partition coefficient (Wildman–Crippen LogP) is 1.74. The van der Waals surface area contributed by atoms with Gasteiger partial charge in [0.15, 0.2) is 0 Å². The Balaban J connectivity index is 3.28. The summed E-state index contributed by atoms with van der Waals surface area (Å²) in [6, 6.07) is 1.29. The molecule has 0 aromatic carbocycles. The average Bonchev–Trinajstić information content (AvgIpc) is 2.26. The van der Waals surface area contributed by atoms with Gasteiger partial charge in [-0.1, -0.05) is 11.6 Å². The highest BCUT2D eigenvalue weighted by atomic mass is 35.5. The Morgan fingerprint density at radius 2 is 2.31 bits per heavy atom. The van der Waals surface area contributed by atoms with Crippen LogP contribution >= 0.6 is 11.6 Å². The third kappa shape index (κ3) is 2.27. The summed E-state index contributed by atoms with van der Waals surface area (Å²) in [4.78, 5) is 26.8. The first-order valence-corrected chi connectivity index (χ1v) is 4.91. The largest absolute Gasteiger partial charge is 0.342 e. The molecule has 0 bridgehead atoms. The second-order valence-electron chi connectivity index (χ2n) is 3.07. The molecule has 7 heteroatoms. The molecule has 0 saturated carbocycles. The van der Waals surface area contributed by atoms with Gasteiger partial charge in [-0.05, 0) is 13.0 Å². The highest BCUT2D eigenvalue weighted by Gasteiger charge is 2.26. The van der Waals surface area contributed by atoms with E-state index in [2.05, 4.69) is 4.98 Å². The Morgan fingerprint density at radius 3 is 2.81 bits per heavy atom. The molecule has 0 fully saturated rings. The van der Waals surface area contributed by atoms with Crippen LogP contribution in [0.25, 0.3) is 0 Å². The van der Waals surface area contributed by atoms with Gasteiger partial charge in [-0.25, -0.2) is 4.98 Å². The number of carbonyl (C=O) groups excluding carboxylic acids is 1. The smallest absolute Gasteiger partial charge is 0.319 e. The predicted molar refractivity (Wildman–Crippen MR) is 58.5 cm³/mol. The minimum absolute atomic E-state index is 0.0469. The van der Waals surface area contributed by atoms with Crippen LogP contribution in [0.5, 0.6) is 0 Å². The van der Waals surface area contributed by atoms with Crippen LogP contribution in [0.2, 0.25) is 5.15 Å². The van der Waals surface area contributed by atoms with E-state index in [4.69, 9.17) is 11.6 Å². The van der Waals surface area contributed by atoms with E-state index in [1.165, 1.54) is 17.2 Å². The van der Waals surface area contributed by atoms with Gasteiger partial charge in [0.05, 0.1) is 4.92 Å². The average molecular weight is 244 g/mol. The Labute approximate surface area is 97.0 Å². The van der Waals surface area contributed by atoms with Crippen molar-refractivity contribution >= 4 is 23.2 Å². The molecule has 1 heterocycles. The summed E-state index contributed by atoms with van der Waals surface area (Å²) in [5.74, 6) is -0.446. The Bertz CT molecular complexity index is 436. The molecule has 1 rings (SSSR count). The van der Waals surface area contributed by atoms with Gasteiger partial charge in [0, 0.05) is 19.8 Å². The summed E-state index contributed by atoms with van der Waals surface area (Å²) in [7, 11) is 1.56. The maximum atomic E-state index is 11.8. The molecule has 0 saturated heterocycles. The van der Waals surface area contributed by atoms with Crippen LogP contribution in [0.3, 0.4) is 0 Å². The van der Waals surface area contributed by atoms with Gasteiger partial charge in [0.2, 0.25) is 5.15 Å². The summed E-state index contributed by atoms with van der Waals surface area (Å²) in [5.41, 5.74) is -0.496. The maximum Gasteiger partial charge on any atom is 0.319 e. The number of rotatable bonds is 3. The quantitative estimate of drug-likeness (QED) is 0.460. The van der Waals surface area contributed by atoms with Crippen LogP contribution < -0.4 is 0 Å². The zero-order valence-electron chi connectivity index (χ0n) is 8.81. The Kier molecular flexibility index (Phi) is 3.78. The van der Waals surface area contributed by atoms with Crippen molar-refractivity contribution in [3.8, 4) is 0 Å². The van der Waals surface area contributed by atoms with Crippen molar-refractivity contribution in [2.24, 2.45) is 0 Å². The Morgan fingerprint density at radius 1 is 1.69 bits per heavy atom. The van der Waals surface area contributed by atoms with Crippen LogP contribution in [0.1, 0.15) is 17.3 Å². The van der Waals surface area contributed by atoms with E-state index in [1.807, 2.05) is 0 Å².